The molecule has 0 rings (SSSR count). The molecule has 122 valence electrons. The summed E-state index contributed by atoms with van der Waals surface area (Å²) in [6.45, 7) is 15.6. The lowest BCUT2D eigenvalue weighted by Crippen LogP contribution is -2.34. The van der Waals surface area contributed by atoms with Crippen molar-refractivity contribution in [3.8, 4) is 0 Å². The second kappa shape index (κ2) is 9.72. The zero-order valence-corrected chi connectivity index (χ0v) is 14.3. The number of aliphatic hydroxyl groups is 1. The van der Waals surface area contributed by atoms with Gasteiger partial charge in [-0.2, -0.15) is 0 Å². The summed E-state index contributed by atoms with van der Waals surface area (Å²) in [6, 6.07) is 0. The molecule has 0 fully saturated rings. The average molecular weight is 290 g/mol. The van der Waals surface area contributed by atoms with Gasteiger partial charge in [-0.05, 0) is 47.0 Å². The van der Waals surface area contributed by atoms with Gasteiger partial charge >= 0.3 is 0 Å². The Morgan fingerprint density at radius 1 is 0.850 bits per heavy atom. The van der Waals surface area contributed by atoms with Crippen molar-refractivity contribution in [3.63, 3.8) is 0 Å². The Morgan fingerprint density at radius 3 is 1.85 bits per heavy atom. The molecule has 0 aliphatic carbocycles. The lowest BCUT2D eigenvalue weighted by Gasteiger charge is -2.31. The van der Waals surface area contributed by atoms with E-state index in [-0.39, 0.29) is 30.5 Å². The van der Waals surface area contributed by atoms with Crippen LogP contribution in [0.25, 0.3) is 0 Å². The number of rotatable bonds is 11. The van der Waals surface area contributed by atoms with Crippen LogP contribution in [0.2, 0.25) is 0 Å². The van der Waals surface area contributed by atoms with Gasteiger partial charge in [-0.15, -0.1) is 0 Å². The van der Waals surface area contributed by atoms with Gasteiger partial charge in [0.05, 0.1) is 43.7 Å². The van der Waals surface area contributed by atoms with Crippen molar-refractivity contribution in [3.05, 3.63) is 0 Å². The van der Waals surface area contributed by atoms with Gasteiger partial charge in [-0.1, -0.05) is 13.8 Å². The van der Waals surface area contributed by atoms with E-state index in [0.29, 0.717) is 19.1 Å². The van der Waals surface area contributed by atoms with Gasteiger partial charge < -0.3 is 19.3 Å². The van der Waals surface area contributed by atoms with Crippen LogP contribution in [0.5, 0.6) is 0 Å². The van der Waals surface area contributed by atoms with Crippen LogP contribution in [0, 0.1) is 5.92 Å². The maximum absolute atomic E-state index is 8.88. The van der Waals surface area contributed by atoms with Crippen molar-refractivity contribution in [1.29, 1.82) is 0 Å². The van der Waals surface area contributed by atoms with Crippen molar-refractivity contribution in [2.75, 3.05) is 19.8 Å². The van der Waals surface area contributed by atoms with Crippen LogP contribution < -0.4 is 0 Å². The minimum Gasteiger partial charge on any atom is -0.394 e. The third kappa shape index (κ3) is 10.6. The minimum absolute atomic E-state index is 0.00302. The number of aliphatic hydroxyl groups excluding tert-OH is 1. The summed E-state index contributed by atoms with van der Waals surface area (Å²) in [5.74, 6) is 0.616. The molecule has 3 atom stereocenters. The SMILES string of the molecule is CC(C)CC(C)(C)OC(C)COC(C)COC(C)CO. The van der Waals surface area contributed by atoms with Crippen LogP contribution in [0.15, 0.2) is 0 Å². The Hall–Kier alpha value is -0.160. The highest BCUT2D eigenvalue weighted by atomic mass is 16.6. The van der Waals surface area contributed by atoms with Crippen molar-refractivity contribution in [2.24, 2.45) is 5.92 Å². The monoisotopic (exact) mass is 290 g/mol. The lowest BCUT2D eigenvalue weighted by molar-refractivity contribution is -0.121. The number of hydrogen-bond donors (Lipinski definition) is 1. The normalized spacial score (nSPS) is 17.2. The fraction of sp³-hybridized carbons (Fsp3) is 1.00. The van der Waals surface area contributed by atoms with Crippen LogP contribution in [0.4, 0.5) is 0 Å². The van der Waals surface area contributed by atoms with Crippen LogP contribution in [-0.2, 0) is 14.2 Å². The smallest absolute Gasteiger partial charge is 0.0787 e. The molecule has 0 radical (unpaired) electrons. The molecule has 0 aromatic heterocycles. The summed E-state index contributed by atoms with van der Waals surface area (Å²) in [6.07, 6.45) is 0.953. The van der Waals surface area contributed by atoms with E-state index in [2.05, 4.69) is 27.7 Å². The third-order valence-corrected chi connectivity index (χ3v) is 2.91. The highest BCUT2D eigenvalue weighted by molar-refractivity contribution is 4.72. The Morgan fingerprint density at radius 2 is 1.35 bits per heavy atom. The van der Waals surface area contributed by atoms with E-state index >= 15 is 0 Å². The van der Waals surface area contributed by atoms with Gasteiger partial charge in [0.2, 0.25) is 0 Å². The van der Waals surface area contributed by atoms with E-state index in [0.717, 1.165) is 6.42 Å². The summed E-state index contributed by atoms with van der Waals surface area (Å²) in [4.78, 5) is 0. The van der Waals surface area contributed by atoms with Gasteiger partial charge in [-0.25, -0.2) is 0 Å². The molecule has 0 spiro atoms. The molecule has 0 amide bonds. The van der Waals surface area contributed by atoms with Crippen molar-refractivity contribution in [1.82, 2.24) is 0 Å². The molecular weight excluding hydrogens is 256 g/mol. The third-order valence-electron chi connectivity index (χ3n) is 2.91. The summed E-state index contributed by atoms with van der Waals surface area (Å²) in [7, 11) is 0. The number of hydrogen-bond acceptors (Lipinski definition) is 4. The van der Waals surface area contributed by atoms with Gasteiger partial charge in [0.25, 0.3) is 0 Å². The molecule has 1 N–H and O–H groups in total. The second-order valence-corrected chi connectivity index (χ2v) is 6.76. The topological polar surface area (TPSA) is 47.9 Å². The van der Waals surface area contributed by atoms with E-state index in [1.807, 2.05) is 20.8 Å². The van der Waals surface area contributed by atoms with Gasteiger partial charge in [0.15, 0.2) is 0 Å². The molecular formula is C16H34O4. The molecule has 0 aliphatic rings. The second-order valence-electron chi connectivity index (χ2n) is 6.76. The van der Waals surface area contributed by atoms with Gasteiger partial charge in [0, 0.05) is 0 Å². The summed E-state index contributed by atoms with van der Waals surface area (Å²) in [5, 5.41) is 8.88. The largest absolute Gasteiger partial charge is 0.394 e. The first-order valence-electron chi connectivity index (χ1n) is 7.68. The van der Waals surface area contributed by atoms with Crippen LogP contribution in [0.1, 0.15) is 54.9 Å². The summed E-state index contributed by atoms with van der Waals surface area (Å²) in [5.41, 5.74) is -0.123. The first kappa shape index (κ1) is 19.8. The molecule has 3 unspecified atom stereocenters. The Bertz CT molecular complexity index is 241. The fourth-order valence-electron chi connectivity index (χ4n) is 2.31. The van der Waals surface area contributed by atoms with Crippen molar-refractivity contribution in [2.45, 2.75) is 78.8 Å². The zero-order chi connectivity index (χ0) is 15.8. The number of ether oxygens (including phenoxy) is 3. The zero-order valence-electron chi connectivity index (χ0n) is 14.3. The predicted octanol–water partition coefficient (Wildman–Crippen LogP) is 3.02. The molecule has 20 heavy (non-hydrogen) atoms. The average Bonchev–Trinajstić information content (AvgIpc) is 2.30. The Balaban J connectivity index is 3.89. The highest BCUT2D eigenvalue weighted by Crippen LogP contribution is 2.22. The highest BCUT2D eigenvalue weighted by Gasteiger charge is 2.23. The van der Waals surface area contributed by atoms with E-state index in [1.165, 1.54) is 0 Å². The molecule has 4 nitrogen and oxygen atoms in total. The molecule has 0 heterocycles. The van der Waals surface area contributed by atoms with E-state index in [4.69, 9.17) is 19.3 Å². The first-order valence-corrected chi connectivity index (χ1v) is 7.68. The predicted molar refractivity (Wildman–Crippen MR) is 82.0 cm³/mol. The molecule has 0 saturated heterocycles. The van der Waals surface area contributed by atoms with Gasteiger partial charge in [-0.3, -0.25) is 0 Å². The molecule has 0 saturated carbocycles. The molecule has 4 heteroatoms. The fourth-order valence-corrected chi connectivity index (χ4v) is 2.31. The first-order chi connectivity index (χ1) is 9.16. The minimum atomic E-state index is -0.139. The molecule has 0 aromatic rings. The Kier molecular flexibility index (Phi) is 9.64. The summed E-state index contributed by atoms with van der Waals surface area (Å²) < 4.78 is 17.2. The van der Waals surface area contributed by atoms with Crippen LogP contribution in [0.3, 0.4) is 0 Å². The van der Waals surface area contributed by atoms with E-state index in [1.54, 1.807) is 0 Å². The van der Waals surface area contributed by atoms with E-state index in [9.17, 15) is 0 Å². The molecule has 0 aromatic carbocycles. The molecule has 0 aliphatic heterocycles. The Labute approximate surface area is 124 Å². The standard InChI is InChI=1S/C16H34O4/c1-12(2)8-16(6,7)20-15(5)11-19-14(4)10-18-13(3)9-17/h12-15,17H,8-11H2,1-7H3. The lowest BCUT2D eigenvalue weighted by atomic mass is 9.96. The maximum Gasteiger partial charge on any atom is 0.0787 e. The van der Waals surface area contributed by atoms with Crippen molar-refractivity contribution < 1.29 is 19.3 Å². The summed E-state index contributed by atoms with van der Waals surface area (Å²) >= 11 is 0. The van der Waals surface area contributed by atoms with E-state index < -0.39 is 0 Å². The maximum atomic E-state index is 8.88. The molecule has 0 bridgehead atoms. The van der Waals surface area contributed by atoms with Crippen LogP contribution in [-0.4, -0.2) is 48.8 Å². The van der Waals surface area contributed by atoms with Crippen molar-refractivity contribution >= 4 is 0 Å². The van der Waals surface area contributed by atoms with Gasteiger partial charge in [0.1, 0.15) is 0 Å². The van der Waals surface area contributed by atoms with Crippen LogP contribution >= 0.6 is 0 Å². The quantitative estimate of drug-likeness (QED) is 0.635.